The van der Waals surface area contributed by atoms with Gasteiger partial charge >= 0.3 is 0 Å². The second-order valence-electron chi connectivity index (χ2n) is 11.9. The maximum absolute atomic E-state index is 4.08. The van der Waals surface area contributed by atoms with Crippen LogP contribution in [0.1, 0.15) is 67.5 Å². The van der Waals surface area contributed by atoms with Crippen LogP contribution in [0.3, 0.4) is 0 Å². The molecule has 0 fully saturated rings. The molecule has 48 heavy (non-hydrogen) atoms. The van der Waals surface area contributed by atoms with Gasteiger partial charge in [0.1, 0.15) is 11.6 Å². The smallest absolute Gasteiger partial charge is 0.125 e. The van der Waals surface area contributed by atoms with Crippen molar-refractivity contribution in [3.05, 3.63) is 178 Å². The van der Waals surface area contributed by atoms with Crippen molar-refractivity contribution in [3.63, 3.8) is 0 Å². The third-order valence-corrected chi connectivity index (χ3v) is 6.33. The molecule has 6 heteroatoms. The summed E-state index contributed by atoms with van der Waals surface area (Å²) in [6, 6.07) is 25.1. The van der Waals surface area contributed by atoms with Gasteiger partial charge in [0.2, 0.25) is 0 Å². The lowest BCUT2D eigenvalue weighted by molar-refractivity contribution is 1.03. The SMILES string of the molecule is Cc1ccc(C)cc1.Cc1ccc(C)nc1.Cc1ccc(C)nc1.Cc1cccc(C)c1.Cc1cnc(C)nc1.Cc1cnc(C)nc1. The van der Waals surface area contributed by atoms with Crippen LogP contribution in [0, 0.1) is 83.1 Å². The number of nitrogens with zero attached hydrogens (tertiary/aromatic N) is 6. The first-order valence-corrected chi connectivity index (χ1v) is 16.1. The zero-order valence-corrected chi connectivity index (χ0v) is 31.1. The van der Waals surface area contributed by atoms with E-state index in [0.29, 0.717) is 0 Å². The Balaban J connectivity index is 0.000000288. The first-order chi connectivity index (χ1) is 22.7. The summed E-state index contributed by atoms with van der Waals surface area (Å²) in [6.45, 7) is 24.1. The van der Waals surface area contributed by atoms with Crippen molar-refractivity contribution in [1.29, 1.82) is 0 Å². The van der Waals surface area contributed by atoms with E-state index in [2.05, 4.69) is 118 Å². The molecule has 0 saturated heterocycles. The minimum atomic E-state index is 0.829. The van der Waals surface area contributed by atoms with Crippen molar-refractivity contribution in [3.8, 4) is 0 Å². The molecule has 0 unspecified atom stereocenters. The number of aryl methyl sites for hydroxylation is 12. The molecule has 6 nitrogen and oxygen atoms in total. The summed E-state index contributed by atoms with van der Waals surface area (Å²) in [5.41, 5.74) is 12.1. The van der Waals surface area contributed by atoms with Gasteiger partial charge in [-0.05, 0) is 117 Å². The topological polar surface area (TPSA) is 77.3 Å². The van der Waals surface area contributed by atoms with E-state index in [1.54, 1.807) is 0 Å². The largest absolute Gasteiger partial charge is 0.261 e. The van der Waals surface area contributed by atoms with E-state index in [9.17, 15) is 0 Å². The summed E-state index contributed by atoms with van der Waals surface area (Å²) in [5.74, 6) is 1.66. The Hall–Kier alpha value is -5.10. The highest BCUT2D eigenvalue weighted by molar-refractivity contribution is 5.21. The van der Waals surface area contributed by atoms with Gasteiger partial charge in [0, 0.05) is 48.6 Å². The average molecular weight is 643 g/mol. The summed E-state index contributed by atoms with van der Waals surface area (Å²) in [6.07, 6.45) is 11.0. The molecule has 0 N–H and O–H groups in total. The molecule has 0 bridgehead atoms. The fourth-order valence-corrected chi connectivity index (χ4v) is 3.44. The molecule has 0 radical (unpaired) electrons. The highest BCUT2D eigenvalue weighted by Gasteiger charge is 1.85. The third-order valence-electron chi connectivity index (χ3n) is 6.33. The molecule has 4 heterocycles. The number of aromatic nitrogens is 6. The van der Waals surface area contributed by atoms with Crippen molar-refractivity contribution >= 4 is 0 Å². The lowest BCUT2D eigenvalue weighted by Gasteiger charge is -1.90. The molecule has 252 valence electrons. The summed E-state index contributed by atoms with van der Waals surface area (Å²) in [5, 5.41) is 0. The summed E-state index contributed by atoms with van der Waals surface area (Å²) < 4.78 is 0. The van der Waals surface area contributed by atoms with E-state index >= 15 is 0 Å². The molecule has 6 rings (SSSR count). The quantitative estimate of drug-likeness (QED) is 0.164. The van der Waals surface area contributed by atoms with Crippen LogP contribution in [0.2, 0.25) is 0 Å². The van der Waals surface area contributed by atoms with Gasteiger partial charge < -0.3 is 0 Å². The Bertz CT molecular complexity index is 1300. The number of hydrogen-bond acceptors (Lipinski definition) is 6. The second-order valence-corrected chi connectivity index (χ2v) is 11.9. The van der Waals surface area contributed by atoms with Crippen LogP contribution in [0.15, 0.2) is 110 Å². The van der Waals surface area contributed by atoms with Crippen LogP contribution < -0.4 is 0 Å². The molecule has 0 aliphatic heterocycles. The van der Waals surface area contributed by atoms with E-state index in [4.69, 9.17) is 0 Å². The number of hydrogen-bond donors (Lipinski definition) is 0. The number of benzene rings is 2. The lowest BCUT2D eigenvalue weighted by atomic mass is 10.2. The zero-order valence-electron chi connectivity index (χ0n) is 31.1. The maximum atomic E-state index is 4.08. The fraction of sp³-hybridized carbons (Fsp3) is 0.286. The molecule has 0 spiro atoms. The Kier molecular flexibility index (Phi) is 19.8. The molecule has 0 aliphatic rings. The van der Waals surface area contributed by atoms with Crippen LogP contribution in [0.4, 0.5) is 0 Å². The molecule has 2 aromatic carbocycles. The second kappa shape index (κ2) is 23.3. The fourth-order valence-electron chi connectivity index (χ4n) is 3.44. The maximum Gasteiger partial charge on any atom is 0.125 e. The normalized spacial score (nSPS) is 9.25. The van der Waals surface area contributed by atoms with Gasteiger partial charge in [0.05, 0.1) is 0 Å². The molecular weight excluding hydrogens is 589 g/mol. The van der Waals surface area contributed by atoms with Gasteiger partial charge in [0.25, 0.3) is 0 Å². The van der Waals surface area contributed by atoms with Gasteiger partial charge in [0.15, 0.2) is 0 Å². The molecular formula is C42H54N6. The number of rotatable bonds is 0. The minimum Gasteiger partial charge on any atom is -0.261 e. The van der Waals surface area contributed by atoms with Crippen LogP contribution in [0.5, 0.6) is 0 Å². The highest BCUT2D eigenvalue weighted by atomic mass is 14.8. The first-order valence-electron chi connectivity index (χ1n) is 16.1. The summed E-state index contributed by atoms with van der Waals surface area (Å²) >= 11 is 0. The predicted octanol–water partition coefficient (Wildman–Crippen LogP) is 10.2. The van der Waals surface area contributed by atoms with Gasteiger partial charge in [-0.1, -0.05) is 82.9 Å². The van der Waals surface area contributed by atoms with Crippen molar-refractivity contribution in [2.75, 3.05) is 0 Å². The monoisotopic (exact) mass is 642 g/mol. The zero-order chi connectivity index (χ0) is 35.9. The van der Waals surface area contributed by atoms with Crippen molar-refractivity contribution in [1.82, 2.24) is 29.9 Å². The standard InChI is InChI=1S/2C8H10.2C7H9N.2C6H8N2/c1-7-3-5-8(2)6-4-7;1-7-4-3-5-8(2)6-7;2*1-6-3-4-7(2)8-5-6;2*1-5-3-7-6(2)8-4-5/h2*3-6H,1-2H3;2*3-5H,1-2H3;2*3-4H,1-2H3. The Morgan fingerprint density at radius 1 is 0.271 bits per heavy atom. The molecule has 0 saturated carbocycles. The average Bonchev–Trinajstić information content (AvgIpc) is 3.06. The van der Waals surface area contributed by atoms with Gasteiger partial charge in [-0.25, -0.2) is 19.9 Å². The Labute approximate surface area is 289 Å². The van der Waals surface area contributed by atoms with E-state index < -0.39 is 0 Å². The Morgan fingerprint density at radius 3 is 0.771 bits per heavy atom. The molecule has 0 aliphatic carbocycles. The van der Waals surface area contributed by atoms with Crippen molar-refractivity contribution in [2.24, 2.45) is 0 Å². The minimum absolute atomic E-state index is 0.829. The van der Waals surface area contributed by atoms with Crippen LogP contribution in [0.25, 0.3) is 0 Å². The van der Waals surface area contributed by atoms with E-state index in [1.807, 2.05) is 105 Å². The molecule has 0 atom stereocenters. The van der Waals surface area contributed by atoms with E-state index in [-0.39, 0.29) is 0 Å². The first kappa shape index (κ1) is 40.9. The van der Waals surface area contributed by atoms with Crippen LogP contribution in [-0.2, 0) is 0 Å². The van der Waals surface area contributed by atoms with Crippen LogP contribution in [-0.4, -0.2) is 29.9 Å². The van der Waals surface area contributed by atoms with Gasteiger partial charge in [-0.3, -0.25) is 9.97 Å². The lowest BCUT2D eigenvalue weighted by Crippen LogP contribution is -1.84. The summed E-state index contributed by atoms with van der Waals surface area (Å²) in [7, 11) is 0. The third kappa shape index (κ3) is 21.6. The number of pyridine rings is 2. The highest BCUT2D eigenvalue weighted by Crippen LogP contribution is 2.01. The Morgan fingerprint density at radius 2 is 0.562 bits per heavy atom. The van der Waals surface area contributed by atoms with E-state index in [0.717, 1.165) is 34.2 Å². The molecule has 6 aromatic rings. The predicted molar refractivity (Wildman–Crippen MR) is 202 cm³/mol. The van der Waals surface area contributed by atoms with Crippen molar-refractivity contribution in [2.45, 2.75) is 83.1 Å². The van der Waals surface area contributed by atoms with Gasteiger partial charge in [-0.15, -0.1) is 0 Å². The van der Waals surface area contributed by atoms with E-state index in [1.165, 1.54) is 33.4 Å². The summed E-state index contributed by atoms with van der Waals surface area (Å²) in [4.78, 5) is 24.0. The van der Waals surface area contributed by atoms with Gasteiger partial charge in [-0.2, -0.15) is 0 Å². The molecule has 4 aromatic heterocycles. The molecule has 0 amide bonds. The van der Waals surface area contributed by atoms with Crippen LogP contribution >= 0.6 is 0 Å². The van der Waals surface area contributed by atoms with Crippen molar-refractivity contribution < 1.29 is 0 Å².